The Bertz CT molecular complexity index is 637. The van der Waals surface area contributed by atoms with Gasteiger partial charge in [0.2, 0.25) is 0 Å². The lowest BCUT2D eigenvalue weighted by molar-refractivity contribution is 0.294. The molecule has 0 spiro atoms. The van der Waals surface area contributed by atoms with Crippen LogP contribution in [0.1, 0.15) is 84.1 Å². The van der Waals surface area contributed by atoms with Gasteiger partial charge in [0.1, 0.15) is 5.75 Å². The molecule has 2 aromatic rings. The van der Waals surface area contributed by atoms with Crippen LogP contribution in [0.5, 0.6) is 5.75 Å². The summed E-state index contributed by atoms with van der Waals surface area (Å²) in [6.07, 6.45) is 16.5. The number of hydrogen-bond donors (Lipinski definition) is 0. The first-order valence-electron chi connectivity index (χ1n) is 11.3. The van der Waals surface area contributed by atoms with Crippen molar-refractivity contribution < 1.29 is 4.74 Å². The van der Waals surface area contributed by atoms with Gasteiger partial charge in [-0.05, 0) is 61.4 Å². The summed E-state index contributed by atoms with van der Waals surface area (Å²) in [5.41, 5.74) is 2.28. The molecular formula is C25H38N2O. The minimum Gasteiger partial charge on any atom is -0.494 e. The normalized spacial score (nSPS) is 12.1. The van der Waals surface area contributed by atoms with Gasteiger partial charge in [-0.1, -0.05) is 59.3 Å². The molecule has 0 amide bonds. The topological polar surface area (TPSA) is 35.0 Å². The fourth-order valence-corrected chi connectivity index (χ4v) is 3.27. The number of aromatic nitrogens is 2. The molecule has 1 aromatic carbocycles. The van der Waals surface area contributed by atoms with E-state index in [2.05, 4.69) is 30.7 Å². The summed E-state index contributed by atoms with van der Waals surface area (Å²) >= 11 is 0. The Labute approximate surface area is 172 Å². The fourth-order valence-electron chi connectivity index (χ4n) is 3.27. The van der Waals surface area contributed by atoms with E-state index in [1.165, 1.54) is 56.9 Å². The zero-order chi connectivity index (χ0) is 20.0. The highest BCUT2D eigenvalue weighted by atomic mass is 16.5. The largest absolute Gasteiger partial charge is 0.494 e. The van der Waals surface area contributed by atoms with Crippen LogP contribution in [0, 0.1) is 5.92 Å². The van der Waals surface area contributed by atoms with Crippen molar-refractivity contribution in [3.8, 4) is 17.1 Å². The highest BCUT2D eigenvalue weighted by Gasteiger charge is 2.04. The van der Waals surface area contributed by atoms with Crippen LogP contribution in [0.15, 0.2) is 36.7 Å². The molecular weight excluding hydrogens is 344 g/mol. The van der Waals surface area contributed by atoms with Crippen molar-refractivity contribution in [2.24, 2.45) is 5.92 Å². The number of ether oxygens (including phenoxy) is 1. The van der Waals surface area contributed by atoms with Crippen molar-refractivity contribution in [1.29, 1.82) is 0 Å². The Kier molecular flexibility index (Phi) is 10.6. The highest BCUT2D eigenvalue weighted by molar-refractivity contribution is 5.55. The van der Waals surface area contributed by atoms with Gasteiger partial charge < -0.3 is 4.74 Å². The molecule has 3 nitrogen and oxygen atoms in total. The van der Waals surface area contributed by atoms with Crippen molar-refractivity contribution in [3.05, 3.63) is 42.2 Å². The molecule has 0 radical (unpaired) electrons. The van der Waals surface area contributed by atoms with Crippen LogP contribution in [0.3, 0.4) is 0 Å². The summed E-state index contributed by atoms with van der Waals surface area (Å²) in [6.45, 7) is 7.59. The maximum atomic E-state index is 5.85. The molecule has 0 bridgehead atoms. The number of nitrogens with zero attached hydrogens (tertiary/aromatic N) is 2. The molecule has 0 N–H and O–H groups in total. The SMILES string of the molecule is CCCCCCCCc1cnc(-c2ccc(OCCCC(C)CC)cc2)nc1. The average molecular weight is 383 g/mol. The lowest BCUT2D eigenvalue weighted by Crippen LogP contribution is -2.01. The van der Waals surface area contributed by atoms with E-state index in [1.54, 1.807) is 0 Å². The van der Waals surface area contributed by atoms with Crippen LogP contribution in [-0.2, 0) is 6.42 Å². The van der Waals surface area contributed by atoms with E-state index in [9.17, 15) is 0 Å². The van der Waals surface area contributed by atoms with Crippen molar-refractivity contribution in [3.63, 3.8) is 0 Å². The zero-order valence-corrected chi connectivity index (χ0v) is 18.1. The minimum absolute atomic E-state index is 0.784. The minimum atomic E-state index is 0.784. The first-order valence-corrected chi connectivity index (χ1v) is 11.3. The molecule has 1 atom stereocenters. The standard InChI is InChI=1S/C25H38N2O/c1-4-6-7-8-9-10-13-22-19-26-25(27-20-22)23-14-16-24(17-15-23)28-18-11-12-21(3)5-2/h14-17,19-21H,4-13,18H2,1-3H3. The number of aryl methyl sites for hydroxylation is 1. The number of unbranched alkanes of at least 4 members (excludes halogenated alkanes) is 5. The molecule has 1 heterocycles. The van der Waals surface area contributed by atoms with Crippen molar-refractivity contribution in [2.75, 3.05) is 6.61 Å². The lowest BCUT2D eigenvalue weighted by atomic mass is 10.0. The molecule has 1 unspecified atom stereocenters. The van der Waals surface area contributed by atoms with Gasteiger partial charge in [-0.25, -0.2) is 9.97 Å². The molecule has 0 saturated carbocycles. The van der Waals surface area contributed by atoms with E-state index in [-0.39, 0.29) is 0 Å². The smallest absolute Gasteiger partial charge is 0.159 e. The zero-order valence-electron chi connectivity index (χ0n) is 18.1. The van der Waals surface area contributed by atoms with Crippen LogP contribution in [0.2, 0.25) is 0 Å². The molecule has 0 fully saturated rings. The van der Waals surface area contributed by atoms with Gasteiger partial charge in [-0.3, -0.25) is 0 Å². The van der Waals surface area contributed by atoms with E-state index >= 15 is 0 Å². The predicted molar refractivity (Wildman–Crippen MR) is 119 cm³/mol. The fraction of sp³-hybridized carbons (Fsp3) is 0.600. The maximum Gasteiger partial charge on any atom is 0.159 e. The van der Waals surface area contributed by atoms with E-state index in [0.717, 1.165) is 42.5 Å². The Morgan fingerprint density at radius 3 is 2.21 bits per heavy atom. The maximum absolute atomic E-state index is 5.85. The van der Waals surface area contributed by atoms with E-state index in [1.807, 2.05) is 36.7 Å². The van der Waals surface area contributed by atoms with Crippen molar-refractivity contribution in [1.82, 2.24) is 9.97 Å². The monoisotopic (exact) mass is 382 g/mol. The number of hydrogen-bond acceptors (Lipinski definition) is 3. The quantitative estimate of drug-likeness (QED) is 0.323. The number of benzene rings is 1. The van der Waals surface area contributed by atoms with Crippen LogP contribution in [-0.4, -0.2) is 16.6 Å². The van der Waals surface area contributed by atoms with Gasteiger partial charge in [0.25, 0.3) is 0 Å². The summed E-state index contributed by atoms with van der Waals surface area (Å²) in [4.78, 5) is 9.12. The highest BCUT2D eigenvalue weighted by Crippen LogP contribution is 2.20. The van der Waals surface area contributed by atoms with Crippen LogP contribution in [0.25, 0.3) is 11.4 Å². The molecule has 2 rings (SSSR count). The molecule has 0 aliphatic rings. The second-order valence-corrected chi connectivity index (χ2v) is 7.96. The molecule has 0 aliphatic heterocycles. The van der Waals surface area contributed by atoms with Crippen LogP contribution in [0.4, 0.5) is 0 Å². The second-order valence-electron chi connectivity index (χ2n) is 7.96. The van der Waals surface area contributed by atoms with Gasteiger partial charge in [-0.15, -0.1) is 0 Å². The third-order valence-electron chi connectivity index (χ3n) is 5.44. The number of rotatable bonds is 14. The molecule has 1 aromatic heterocycles. The first-order chi connectivity index (χ1) is 13.7. The van der Waals surface area contributed by atoms with E-state index < -0.39 is 0 Å². The predicted octanol–water partition coefficient (Wildman–Crippen LogP) is 7.25. The van der Waals surface area contributed by atoms with Gasteiger partial charge >= 0.3 is 0 Å². The van der Waals surface area contributed by atoms with Crippen LogP contribution < -0.4 is 4.74 Å². The third kappa shape index (κ3) is 8.41. The molecule has 28 heavy (non-hydrogen) atoms. The molecule has 3 heteroatoms. The average Bonchev–Trinajstić information content (AvgIpc) is 2.74. The molecule has 0 aliphatic carbocycles. The Hall–Kier alpha value is -1.90. The van der Waals surface area contributed by atoms with Crippen molar-refractivity contribution in [2.45, 2.75) is 85.0 Å². The summed E-state index contributed by atoms with van der Waals surface area (Å²) in [6, 6.07) is 8.14. The summed E-state index contributed by atoms with van der Waals surface area (Å²) in [5, 5.41) is 0. The summed E-state index contributed by atoms with van der Waals surface area (Å²) in [7, 11) is 0. The van der Waals surface area contributed by atoms with Crippen LogP contribution >= 0.6 is 0 Å². The summed E-state index contributed by atoms with van der Waals surface area (Å²) < 4.78 is 5.85. The third-order valence-corrected chi connectivity index (χ3v) is 5.44. The van der Waals surface area contributed by atoms with E-state index in [4.69, 9.17) is 4.74 Å². The molecule has 154 valence electrons. The second kappa shape index (κ2) is 13.3. The van der Waals surface area contributed by atoms with Gasteiger partial charge in [0, 0.05) is 18.0 Å². The van der Waals surface area contributed by atoms with Crippen molar-refractivity contribution >= 4 is 0 Å². The molecule has 0 saturated heterocycles. The lowest BCUT2D eigenvalue weighted by Gasteiger charge is -2.10. The van der Waals surface area contributed by atoms with Gasteiger partial charge in [-0.2, -0.15) is 0 Å². The van der Waals surface area contributed by atoms with E-state index in [0.29, 0.717) is 0 Å². The first kappa shape index (κ1) is 22.4. The Morgan fingerprint density at radius 1 is 0.857 bits per heavy atom. The summed E-state index contributed by atoms with van der Waals surface area (Å²) in [5.74, 6) is 2.50. The van der Waals surface area contributed by atoms with Gasteiger partial charge in [0.15, 0.2) is 5.82 Å². The Balaban J connectivity index is 1.74. The van der Waals surface area contributed by atoms with Gasteiger partial charge in [0.05, 0.1) is 6.61 Å². The Morgan fingerprint density at radius 2 is 1.54 bits per heavy atom.